The van der Waals surface area contributed by atoms with E-state index in [1.54, 1.807) is 0 Å². The van der Waals surface area contributed by atoms with Crippen LogP contribution in [0.3, 0.4) is 0 Å². The van der Waals surface area contributed by atoms with Crippen LogP contribution in [0, 0.1) is 5.92 Å². The van der Waals surface area contributed by atoms with Crippen molar-refractivity contribution in [3.63, 3.8) is 0 Å². The van der Waals surface area contributed by atoms with E-state index in [2.05, 4.69) is 25.9 Å². The second-order valence-electron chi connectivity index (χ2n) is 6.10. The fourth-order valence-electron chi connectivity index (χ4n) is 2.91. The zero-order valence-corrected chi connectivity index (χ0v) is 15.7. The Morgan fingerprint density at radius 3 is 2.70 bits per heavy atom. The highest BCUT2D eigenvalue weighted by molar-refractivity contribution is 7.99. The topological polar surface area (TPSA) is 58.9 Å². The first-order valence-corrected chi connectivity index (χ1v) is 9.84. The first-order chi connectivity index (χ1) is 11.0. The molecule has 1 N–H and O–H groups in total. The van der Waals surface area contributed by atoms with E-state index in [9.17, 15) is 9.90 Å². The zero-order chi connectivity index (χ0) is 17.2. The molecule has 132 valence electrons. The van der Waals surface area contributed by atoms with E-state index >= 15 is 0 Å². The molecule has 0 aromatic heterocycles. The molecular formula is C18H31NO3S. The summed E-state index contributed by atoms with van der Waals surface area (Å²) in [5.74, 6) is 1.52. The van der Waals surface area contributed by atoms with Crippen molar-refractivity contribution < 1.29 is 14.7 Å². The summed E-state index contributed by atoms with van der Waals surface area (Å²) in [6.07, 6.45) is 4.61. The van der Waals surface area contributed by atoms with E-state index in [0.717, 1.165) is 25.0 Å². The van der Waals surface area contributed by atoms with Crippen LogP contribution in [-0.4, -0.2) is 34.2 Å². The van der Waals surface area contributed by atoms with Crippen LogP contribution in [0.5, 0.6) is 0 Å². The maximum absolute atomic E-state index is 12.5. The van der Waals surface area contributed by atoms with Crippen molar-refractivity contribution in [2.45, 2.75) is 71.5 Å². The lowest BCUT2D eigenvalue weighted by atomic mass is 9.82. The molecule has 0 bridgehead atoms. The van der Waals surface area contributed by atoms with Gasteiger partial charge >= 0.3 is 0 Å². The van der Waals surface area contributed by atoms with Crippen molar-refractivity contribution in [1.29, 1.82) is 0 Å². The van der Waals surface area contributed by atoms with Gasteiger partial charge in [-0.05, 0) is 30.9 Å². The van der Waals surface area contributed by atoms with Crippen molar-refractivity contribution in [3.8, 4) is 0 Å². The van der Waals surface area contributed by atoms with Gasteiger partial charge in [0, 0.05) is 18.1 Å². The van der Waals surface area contributed by atoms with Crippen LogP contribution in [0.25, 0.3) is 0 Å². The number of nitrogens with zero attached hydrogens (tertiary/aromatic N) is 1. The number of hydrogen-bond acceptors (Lipinski definition) is 5. The molecular weight excluding hydrogens is 310 g/mol. The lowest BCUT2D eigenvalue weighted by molar-refractivity contribution is -0.116. The van der Waals surface area contributed by atoms with E-state index in [4.69, 9.17) is 4.84 Å². The van der Waals surface area contributed by atoms with Crippen molar-refractivity contribution in [3.05, 3.63) is 11.3 Å². The number of allylic oxidation sites excluding steroid dienone is 2. The molecule has 0 aromatic rings. The third kappa shape index (κ3) is 6.58. The number of carbonyl (C=O) groups excluding carboxylic acids is 1. The highest BCUT2D eigenvalue weighted by Crippen LogP contribution is 2.32. The third-order valence-corrected chi connectivity index (χ3v) is 5.12. The number of hydrogen-bond donors (Lipinski definition) is 1. The van der Waals surface area contributed by atoms with Gasteiger partial charge in [0.2, 0.25) is 0 Å². The first-order valence-electron chi connectivity index (χ1n) is 8.79. The van der Waals surface area contributed by atoms with Gasteiger partial charge in [0.05, 0.1) is 11.3 Å². The lowest BCUT2D eigenvalue weighted by Crippen LogP contribution is -2.26. The van der Waals surface area contributed by atoms with Crippen molar-refractivity contribution >= 4 is 23.3 Å². The van der Waals surface area contributed by atoms with Gasteiger partial charge in [-0.2, -0.15) is 11.8 Å². The second kappa shape index (κ2) is 10.7. The molecule has 0 amide bonds. The molecule has 2 unspecified atom stereocenters. The molecule has 23 heavy (non-hydrogen) atoms. The number of ketones is 1. The maximum Gasteiger partial charge on any atom is 0.168 e. The highest BCUT2D eigenvalue weighted by atomic mass is 32.2. The number of oxime groups is 1. The van der Waals surface area contributed by atoms with Crippen molar-refractivity contribution in [2.75, 3.05) is 12.4 Å². The predicted molar refractivity (Wildman–Crippen MR) is 98.2 cm³/mol. The van der Waals surface area contributed by atoms with Gasteiger partial charge in [0.1, 0.15) is 12.4 Å². The Morgan fingerprint density at radius 2 is 2.13 bits per heavy atom. The van der Waals surface area contributed by atoms with Crippen LogP contribution in [0.15, 0.2) is 16.5 Å². The molecule has 2 atom stereocenters. The quantitative estimate of drug-likeness (QED) is 0.349. The molecule has 4 nitrogen and oxygen atoms in total. The number of rotatable bonds is 10. The van der Waals surface area contributed by atoms with Crippen molar-refractivity contribution in [1.82, 2.24) is 0 Å². The van der Waals surface area contributed by atoms with Gasteiger partial charge < -0.3 is 9.94 Å². The average molecular weight is 342 g/mol. The summed E-state index contributed by atoms with van der Waals surface area (Å²) in [5.41, 5.74) is 0.981. The van der Waals surface area contributed by atoms with Crippen LogP contribution < -0.4 is 0 Å². The first kappa shape index (κ1) is 20.1. The van der Waals surface area contributed by atoms with Crippen LogP contribution in [0.1, 0.15) is 66.2 Å². The maximum atomic E-state index is 12.5. The van der Waals surface area contributed by atoms with Crippen molar-refractivity contribution in [2.24, 2.45) is 11.1 Å². The van der Waals surface area contributed by atoms with Crippen LogP contribution in [0.2, 0.25) is 0 Å². The van der Waals surface area contributed by atoms with Gasteiger partial charge in [0.25, 0.3) is 0 Å². The van der Waals surface area contributed by atoms with Gasteiger partial charge in [-0.3, -0.25) is 4.79 Å². The molecule has 0 aliphatic heterocycles. The summed E-state index contributed by atoms with van der Waals surface area (Å²) in [5, 5.41) is 15.0. The largest absolute Gasteiger partial charge is 0.511 e. The summed E-state index contributed by atoms with van der Waals surface area (Å²) in [7, 11) is 0. The van der Waals surface area contributed by atoms with E-state index in [-0.39, 0.29) is 17.5 Å². The molecule has 0 heterocycles. The zero-order valence-electron chi connectivity index (χ0n) is 14.9. The lowest BCUT2D eigenvalue weighted by Gasteiger charge is -2.25. The van der Waals surface area contributed by atoms with Crippen LogP contribution in [0.4, 0.5) is 0 Å². The Kier molecular flexibility index (Phi) is 9.37. The number of thioether (sulfide) groups is 1. The van der Waals surface area contributed by atoms with E-state index in [1.807, 2.05) is 18.7 Å². The van der Waals surface area contributed by atoms with Gasteiger partial charge in [-0.25, -0.2) is 0 Å². The van der Waals surface area contributed by atoms with Gasteiger partial charge in [-0.15, -0.1) is 0 Å². The molecule has 1 aliphatic rings. The molecule has 5 heteroatoms. The number of aliphatic hydroxyl groups is 1. The fraction of sp³-hybridized carbons (Fsp3) is 0.778. The number of Topliss-reactive ketones (excluding diaryl/α,β-unsaturated/α-hetero) is 1. The number of carbonyl (C=O) groups is 1. The molecule has 0 saturated carbocycles. The molecule has 0 radical (unpaired) electrons. The Hall–Kier alpha value is -0.970. The van der Waals surface area contributed by atoms with Crippen LogP contribution in [-0.2, 0) is 9.63 Å². The minimum Gasteiger partial charge on any atom is -0.511 e. The number of aliphatic hydroxyl groups excluding tert-OH is 1. The van der Waals surface area contributed by atoms with Gasteiger partial charge in [-0.1, -0.05) is 39.3 Å². The normalized spacial score (nSPS) is 20.8. The smallest absolute Gasteiger partial charge is 0.168 e. The summed E-state index contributed by atoms with van der Waals surface area (Å²) in [4.78, 5) is 17.8. The Labute approximate surface area is 144 Å². The van der Waals surface area contributed by atoms with E-state index < -0.39 is 0 Å². The molecule has 0 saturated heterocycles. The second-order valence-corrected chi connectivity index (χ2v) is 7.81. The predicted octanol–water partition coefficient (Wildman–Crippen LogP) is 4.89. The van der Waals surface area contributed by atoms with Gasteiger partial charge in [0.15, 0.2) is 5.78 Å². The fourth-order valence-corrected chi connectivity index (χ4v) is 3.89. The van der Waals surface area contributed by atoms with Crippen LogP contribution >= 0.6 is 11.8 Å². The summed E-state index contributed by atoms with van der Waals surface area (Å²) < 4.78 is 0. The summed E-state index contributed by atoms with van der Waals surface area (Å²) >= 11 is 1.90. The molecule has 1 rings (SSSR count). The Bertz CT molecular complexity index is 446. The summed E-state index contributed by atoms with van der Waals surface area (Å²) in [6.45, 7) is 8.91. The molecule has 1 aliphatic carbocycles. The molecule has 0 fully saturated rings. The highest BCUT2D eigenvalue weighted by Gasteiger charge is 2.31. The summed E-state index contributed by atoms with van der Waals surface area (Å²) in [6, 6.07) is 0. The minimum absolute atomic E-state index is 0.00661. The Morgan fingerprint density at radius 1 is 1.39 bits per heavy atom. The standard InChI is InChI=1S/C18H31NO3S/c1-5-8-9-22-19-15(6-2)18-16(20)11-14(12-17(18)21)10-13(4)23-7-3/h13-14,20H,5-12H2,1-4H3. The Balaban J connectivity index is 2.75. The minimum atomic E-state index is 0.00661. The third-order valence-electron chi connectivity index (χ3n) is 4.03. The average Bonchev–Trinajstić information content (AvgIpc) is 2.49. The van der Waals surface area contributed by atoms with E-state index in [1.165, 1.54) is 0 Å². The molecule has 0 spiro atoms. The molecule has 0 aromatic carbocycles. The SMILES string of the molecule is CCCCON=C(CC)C1=C(O)CC(CC(C)SCC)CC1=O. The number of unbranched alkanes of at least 4 members (excludes halogenated alkanes) is 1. The van der Waals surface area contributed by atoms with E-state index in [0.29, 0.717) is 42.4 Å². The monoisotopic (exact) mass is 341 g/mol.